The first-order chi connectivity index (χ1) is 8.20. The molecule has 0 aliphatic rings. The van der Waals surface area contributed by atoms with Crippen molar-refractivity contribution < 1.29 is 0 Å². The molecule has 0 saturated carbocycles. The van der Waals surface area contributed by atoms with Gasteiger partial charge in [0.25, 0.3) is 0 Å². The van der Waals surface area contributed by atoms with E-state index in [1.807, 2.05) is 0 Å². The topological polar surface area (TPSA) is 26.0 Å². The second kappa shape index (κ2) is 5.15. The minimum absolute atomic E-state index is 0.705. The van der Waals surface area contributed by atoms with E-state index in [2.05, 4.69) is 56.3 Å². The molecule has 88 valence electrons. The average molecular weight is 225 g/mol. The fraction of sp³-hybridized carbons (Fsp3) is 0.250. The minimum atomic E-state index is 0.705. The number of nitrogens with two attached hydrogens (primary N) is 1. The van der Waals surface area contributed by atoms with Gasteiger partial charge in [0, 0.05) is 0 Å². The minimum Gasteiger partial charge on any atom is -0.330 e. The van der Waals surface area contributed by atoms with Crippen molar-refractivity contribution in [3.05, 3.63) is 59.2 Å². The summed E-state index contributed by atoms with van der Waals surface area (Å²) in [6, 6.07) is 15.2. The molecule has 0 heterocycles. The standard InChI is InChI=1S/C16H19N/c1-12-4-3-5-15(10-12)16-11-14(8-9-17)7-6-13(16)2/h3-7,10-11H,8-9,17H2,1-2H3. The van der Waals surface area contributed by atoms with Crippen LogP contribution in [-0.2, 0) is 6.42 Å². The molecule has 17 heavy (non-hydrogen) atoms. The summed E-state index contributed by atoms with van der Waals surface area (Å²) in [5.74, 6) is 0. The highest BCUT2D eigenvalue weighted by Gasteiger charge is 2.03. The van der Waals surface area contributed by atoms with Gasteiger partial charge in [0.1, 0.15) is 0 Å². The molecule has 0 amide bonds. The molecule has 0 bridgehead atoms. The van der Waals surface area contributed by atoms with E-state index >= 15 is 0 Å². The third-order valence-electron chi connectivity index (χ3n) is 3.06. The maximum atomic E-state index is 5.61. The molecular weight excluding hydrogens is 206 g/mol. The first kappa shape index (κ1) is 11.9. The Labute approximate surface area is 103 Å². The van der Waals surface area contributed by atoms with Gasteiger partial charge in [0.2, 0.25) is 0 Å². The zero-order valence-electron chi connectivity index (χ0n) is 10.5. The Morgan fingerprint density at radius 1 is 1.00 bits per heavy atom. The number of aryl methyl sites for hydroxylation is 2. The predicted octanol–water partition coefficient (Wildman–Crippen LogP) is 3.47. The van der Waals surface area contributed by atoms with Crippen molar-refractivity contribution in [2.75, 3.05) is 6.54 Å². The van der Waals surface area contributed by atoms with E-state index in [0.717, 1.165) is 6.42 Å². The molecule has 0 unspecified atom stereocenters. The van der Waals surface area contributed by atoms with E-state index in [4.69, 9.17) is 5.73 Å². The van der Waals surface area contributed by atoms with Crippen molar-refractivity contribution >= 4 is 0 Å². The van der Waals surface area contributed by atoms with Crippen molar-refractivity contribution in [2.45, 2.75) is 20.3 Å². The molecule has 2 N–H and O–H groups in total. The van der Waals surface area contributed by atoms with Crippen LogP contribution in [0.25, 0.3) is 11.1 Å². The Balaban J connectivity index is 2.46. The molecule has 1 heteroatoms. The number of hydrogen-bond donors (Lipinski definition) is 1. The van der Waals surface area contributed by atoms with E-state index in [1.54, 1.807) is 0 Å². The summed E-state index contributed by atoms with van der Waals surface area (Å²) in [6.07, 6.45) is 0.944. The molecule has 0 saturated heterocycles. The molecule has 2 rings (SSSR count). The van der Waals surface area contributed by atoms with Crippen LogP contribution in [-0.4, -0.2) is 6.54 Å². The van der Waals surface area contributed by atoms with Crippen molar-refractivity contribution in [3.63, 3.8) is 0 Å². The van der Waals surface area contributed by atoms with Crippen LogP contribution in [0.5, 0.6) is 0 Å². The number of hydrogen-bond acceptors (Lipinski definition) is 1. The maximum absolute atomic E-state index is 5.61. The Kier molecular flexibility index (Phi) is 3.60. The van der Waals surface area contributed by atoms with Crippen LogP contribution in [0.15, 0.2) is 42.5 Å². The molecule has 2 aromatic carbocycles. The fourth-order valence-corrected chi connectivity index (χ4v) is 2.11. The summed E-state index contributed by atoms with van der Waals surface area (Å²) in [5.41, 5.74) is 12.2. The second-order valence-electron chi connectivity index (χ2n) is 4.56. The van der Waals surface area contributed by atoms with Gasteiger partial charge < -0.3 is 5.73 Å². The highest BCUT2D eigenvalue weighted by Crippen LogP contribution is 2.25. The van der Waals surface area contributed by atoms with Gasteiger partial charge in [0.05, 0.1) is 0 Å². The van der Waals surface area contributed by atoms with Crippen molar-refractivity contribution in [1.29, 1.82) is 0 Å². The largest absolute Gasteiger partial charge is 0.330 e. The first-order valence-electron chi connectivity index (χ1n) is 6.07. The average Bonchev–Trinajstić information content (AvgIpc) is 2.32. The fourth-order valence-electron chi connectivity index (χ4n) is 2.11. The van der Waals surface area contributed by atoms with Gasteiger partial charge in [-0.2, -0.15) is 0 Å². The van der Waals surface area contributed by atoms with E-state index in [-0.39, 0.29) is 0 Å². The van der Waals surface area contributed by atoms with Gasteiger partial charge >= 0.3 is 0 Å². The Morgan fingerprint density at radius 3 is 2.53 bits per heavy atom. The lowest BCUT2D eigenvalue weighted by atomic mass is 9.96. The zero-order valence-corrected chi connectivity index (χ0v) is 10.5. The highest BCUT2D eigenvalue weighted by atomic mass is 14.5. The molecule has 0 aromatic heterocycles. The Morgan fingerprint density at radius 2 is 1.82 bits per heavy atom. The van der Waals surface area contributed by atoms with Crippen LogP contribution in [0.4, 0.5) is 0 Å². The van der Waals surface area contributed by atoms with E-state index < -0.39 is 0 Å². The summed E-state index contributed by atoms with van der Waals surface area (Å²) in [6.45, 7) is 4.99. The summed E-state index contributed by atoms with van der Waals surface area (Å²) in [5, 5.41) is 0. The van der Waals surface area contributed by atoms with Gasteiger partial charge in [-0.3, -0.25) is 0 Å². The molecule has 0 aliphatic carbocycles. The molecule has 0 radical (unpaired) electrons. The summed E-state index contributed by atoms with van der Waals surface area (Å²) >= 11 is 0. The van der Waals surface area contributed by atoms with Crippen molar-refractivity contribution in [1.82, 2.24) is 0 Å². The third-order valence-corrected chi connectivity index (χ3v) is 3.06. The quantitative estimate of drug-likeness (QED) is 0.850. The second-order valence-corrected chi connectivity index (χ2v) is 4.56. The molecule has 1 nitrogen and oxygen atoms in total. The highest BCUT2D eigenvalue weighted by molar-refractivity contribution is 5.68. The van der Waals surface area contributed by atoms with Gasteiger partial charge in [-0.1, -0.05) is 48.0 Å². The molecule has 0 fully saturated rings. The SMILES string of the molecule is Cc1cccc(-c2cc(CCN)ccc2C)c1. The van der Waals surface area contributed by atoms with Crippen LogP contribution in [0.3, 0.4) is 0 Å². The molecule has 0 aliphatic heterocycles. The molecular formula is C16H19N. The predicted molar refractivity (Wildman–Crippen MR) is 74.1 cm³/mol. The Hall–Kier alpha value is -1.60. The Bertz CT molecular complexity index is 515. The maximum Gasteiger partial charge on any atom is -0.00367 e. The number of benzene rings is 2. The monoisotopic (exact) mass is 225 g/mol. The molecule has 0 spiro atoms. The van der Waals surface area contributed by atoms with E-state index in [1.165, 1.54) is 27.8 Å². The van der Waals surface area contributed by atoms with Gasteiger partial charge in [-0.05, 0) is 49.1 Å². The van der Waals surface area contributed by atoms with Gasteiger partial charge in [0.15, 0.2) is 0 Å². The van der Waals surface area contributed by atoms with Crippen LogP contribution < -0.4 is 5.73 Å². The van der Waals surface area contributed by atoms with Gasteiger partial charge in [-0.15, -0.1) is 0 Å². The summed E-state index contributed by atoms with van der Waals surface area (Å²) < 4.78 is 0. The molecule has 2 aromatic rings. The summed E-state index contributed by atoms with van der Waals surface area (Å²) in [7, 11) is 0. The molecule has 0 atom stereocenters. The summed E-state index contributed by atoms with van der Waals surface area (Å²) in [4.78, 5) is 0. The normalized spacial score (nSPS) is 10.5. The van der Waals surface area contributed by atoms with Crippen LogP contribution in [0.1, 0.15) is 16.7 Å². The van der Waals surface area contributed by atoms with E-state index in [9.17, 15) is 0 Å². The lowest BCUT2D eigenvalue weighted by molar-refractivity contribution is 0.968. The van der Waals surface area contributed by atoms with Crippen LogP contribution >= 0.6 is 0 Å². The lowest BCUT2D eigenvalue weighted by Gasteiger charge is -2.09. The van der Waals surface area contributed by atoms with Crippen molar-refractivity contribution in [3.8, 4) is 11.1 Å². The van der Waals surface area contributed by atoms with Crippen LogP contribution in [0, 0.1) is 13.8 Å². The third kappa shape index (κ3) is 2.75. The van der Waals surface area contributed by atoms with Crippen molar-refractivity contribution in [2.24, 2.45) is 5.73 Å². The van der Waals surface area contributed by atoms with Crippen LogP contribution in [0.2, 0.25) is 0 Å². The smallest absolute Gasteiger partial charge is 0.00367 e. The van der Waals surface area contributed by atoms with Gasteiger partial charge in [-0.25, -0.2) is 0 Å². The lowest BCUT2D eigenvalue weighted by Crippen LogP contribution is -2.02. The number of rotatable bonds is 3. The first-order valence-corrected chi connectivity index (χ1v) is 6.07. The zero-order chi connectivity index (χ0) is 12.3. The van der Waals surface area contributed by atoms with E-state index in [0.29, 0.717) is 6.54 Å².